The van der Waals surface area contributed by atoms with Crippen molar-refractivity contribution in [2.24, 2.45) is 5.73 Å². The first-order valence-corrected chi connectivity index (χ1v) is 9.20. The van der Waals surface area contributed by atoms with Crippen molar-refractivity contribution in [1.29, 1.82) is 0 Å². The average Bonchev–Trinajstić information content (AvgIpc) is 2.66. The zero-order chi connectivity index (χ0) is 19.1. The summed E-state index contributed by atoms with van der Waals surface area (Å²) in [4.78, 5) is 0. The molecule has 27 heavy (non-hydrogen) atoms. The highest BCUT2D eigenvalue weighted by Gasteiger charge is 2.26. The van der Waals surface area contributed by atoms with Gasteiger partial charge >= 0.3 is 0 Å². The van der Waals surface area contributed by atoms with Crippen molar-refractivity contribution in [3.8, 4) is 17.2 Å². The van der Waals surface area contributed by atoms with Gasteiger partial charge < -0.3 is 25.7 Å². The Morgan fingerprint density at radius 2 is 1.81 bits per heavy atom. The Bertz CT molecular complexity index is 1080. The molecule has 3 aromatic carbocycles. The van der Waals surface area contributed by atoms with E-state index in [0.717, 1.165) is 32.1 Å². The smallest absolute Gasteiger partial charge is 0.187 e. The van der Waals surface area contributed by atoms with Gasteiger partial charge in [0.1, 0.15) is 5.75 Å². The predicted molar refractivity (Wildman–Crippen MR) is 110 cm³/mol. The van der Waals surface area contributed by atoms with Crippen LogP contribution in [0.1, 0.15) is 17.0 Å². The van der Waals surface area contributed by atoms with Gasteiger partial charge in [-0.25, -0.2) is 0 Å². The predicted octanol–water partition coefficient (Wildman–Crippen LogP) is 4.53. The summed E-state index contributed by atoms with van der Waals surface area (Å²) >= 11 is 3.57. The Morgan fingerprint density at radius 1 is 1.00 bits per heavy atom. The van der Waals surface area contributed by atoms with E-state index in [4.69, 9.17) is 25.7 Å². The quantitative estimate of drug-likeness (QED) is 0.601. The normalized spacial score (nSPS) is 15.7. The topological polar surface area (TPSA) is 79.7 Å². The minimum Gasteiger partial charge on any atom is -0.493 e. The number of hydrogen-bond acceptors (Lipinski definition) is 5. The summed E-state index contributed by atoms with van der Waals surface area (Å²) in [5.41, 5.74) is 15.0. The maximum atomic E-state index is 6.12. The number of halogens is 1. The van der Waals surface area contributed by atoms with Crippen molar-refractivity contribution >= 4 is 32.4 Å². The number of nitrogen functional groups attached to an aromatic ring is 1. The summed E-state index contributed by atoms with van der Waals surface area (Å²) in [6.07, 6.45) is 1.90. The van der Waals surface area contributed by atoms with Gasteiger partial charge in [0.05, 0.1) is 18.7 Å². The molecule has 1 heterocycles. The van der Waals surface area contributed by atoms with Gasteiger partial charge in [-0.15, -0.1) is 0 Å². The number of allylic oxidation sites excluding steroid dienone is 1. The summed E-state index contributed by atoms with van der Waals surface area (Å²) in [5.74, 6) is 2.29. The molecule has 0 aromatic heterocycles. The molecular formula is C21H19BrN2O3. The molecule has 1 atom stereocenters. The molecule has 5 nitrogen and oxygen atoms in total. The van der Waals surface area contributed by atoms with Gasteiger partial charge in [0.15, 0.2) is 17.4 Å². The molecule has 3 aromatic rings. The number of benzene rings is 3. The van der Waals surface area contributed by atoms with Gasteiger partial charge in [0.25, 0.3) is 0 Å². The largest absolute Gasteiger partial charge is 0.493 e. The summed E-state index contributed by atoms with van der Waals surface area (Å²) in [5, 5.41) is 1.88. The first-order valence-electron chi connectivity index (χ1n) is 8.41. The van der Waals surface area contributed by atoms with E-state index in [0.29, 0.717) is 23.1 Å². The summed E-state index contributed by atoms with van der Waals surface area (Å²) < 4.78 is 17.6. The van der Waals surface area contributed by atoms with Crippen LogP contribution in [0.5, 0.6) is 17.2 Å². The lowest BCUT2D eigenvalue weighted by molar-refractivity contribution is 0.352. The molecule has 138 valence electrons. The third kappa shape index (κ3) is 2.86. The first kappa shape index (κ1) is 17.5. The number of hydrogen-bond donors (Lipinski definition) is 2. The minimum atomic E-state index is -0.0873. The lowest BCUT2D eigenvalue weighted by Gasteiger charge is -2.26. The summed E-state index contributed by atoms with van der Waals surface area (Å²) in [6.45, 7) is 0. The maximum absolute atomic E-state index is 6.12. The lowest BCUT2D eigenvalue weighted by atomic mass is 9.87. The highest BCUT2D eigenvalue weighted by Crippen LogP contribution is 2.46. The second kappa shape index (κ2) is 6.70. The van der Waals surface area contributed by atoms with E-state index >= 15 is 0 Å². The van der Waals surface area contributed by atoms with Crippen LogP contribution >= 0.6 is 15.9 Å². The monoisotopic (exact) mass is 426 g/mol. The SMILES string of the molecule is COc1cc(C2C=C(N)Oc3c2ccc2c(N)cccc32)cc(Br)c1OC. The van der Waals surface area contributed by atoms with Crippen molar-refractivity contribution in [1.82, 2.24) is 0 Å². The summed E-state index contributed by atoms with van der Waals surface area (Å²) in [7, 11) is 3.23. The number of nitrogens with two attached hydrogens (primary N) is 2. The van der Waals surface area contributed by atoms with E-state index in [1.165, 1.54) is 0 Å². The standard InChI is InChI=1S/C21H19BrN2O3/c1-25-18-9-11(8-16(22)21(18)26-2)15-10-19(24)27-20-13-4-3-5-17(23)12(13)6-7-14(15)20/h3-10,15H,23-24H2,1-2H3. The van der Waals surface area contributed by atoms with Crippen LogP contribution in [0, 0.1) is 0 Å². The van der Waals surface area contributed by atoms with Gasteiger partial charge in [0.2, 0.25) is 0 Å². The van der Waals surface area contributed by atoms with E-state index in [1.54, 1.807) is 14.2 Å². The van der Waals surface area contributed by atoms with Crippen LogP contribution < -0.4 is 25.7 Å². The second-order valence-electron chi connectivity index (χ2n) is 6.31. The highest BCUT2D eigenvalue weighted by atomic mass is 79.9. The molecule has 1 aliphatic rings. The van der Waals surface area contributed by atoms with E-state index in [-0.39, 0.29) is 5.92 Å². The molecule has 0 radical (unpaired) electrons. The number of ether oxygens (including phenoxy) is 3. The Hall–Kier alpha value is -2.86. The molecule has 4 rings (SSSR count). The maximum Gasteiger partial charge on any atom is 0.187 e. The van der Waals surface area contributed by atoms with Crippen LogP contribution in [0.15, 0.2) is 58.9 Å². The van der Waals surface area contributed by atoms with Crippen molar-refractivity contribution < 1.29 is 14.2 Å². The Morgan fingerprint density at radius 3 is 2.56 bits per heavy atom. The summed E-state index contributed by atoms with van der Waals surface area (Å²) in [6, 6.07) is 13.8. The fourth-order valence-corrected chi connectivity index (χ4v) is 4.15. The molecule has 0 saturated heterocycles. The first-order chi connectivity index (χ1) is 13.0. The zero-order valence-corrected chi connectivity index (χ0v) is 16.5. The Balaban J connectivity index is 1.93. The van der Waals surface area contributed by atoms with Crippen molar-refractivity contribution in [2.45, 2.75) is 5.92 Å². The van der Waals surface area contributed by atoms with Crippen LogP contribution in [0.25, 0.3) is 10.8 Å². The molecular weight excluding hydrogens is 408 g/mol. The molecule has 1 aliphatic heterocycles. The molecule has 0 fully saturated rings. The number of methoxy groups -OCH3 is 2. The fourth-order valence-electron chi connectivity index (χ4n) is 3.53. The van der Waals surface area contributed by atoms with Gasteiger partial charge in [-0.3, -0.25) is 0 Å². The highest BCUT2D eigenvalue weighted by molar-refractivity contribution is 9.10. The molecule has 0 spiro atoms. The molecule has 0 bridgehead atoms. The van der Waals surface area contributed by atoms with E-state index < -0.39 is 0 Å². The Kier molecular flexibility index (Phi) is 4.36. The van der Waals surface area contributed by atoms with E-state index in [2.05, 4.69) is 15.9 Å². The second-order valence-corrected chi connectivity index (χ2v) is 7.17. The van der Waals surface area contributed by atoms with Crippen molar-refractivity contribution in [2.75, 3.05) is 20.0 Å². The van der Waals surface area contributed by atoms with Crippen LogP contribution in [0.3, 0.4) is 0 Å². The number of anilines is 1. The minimum absolute atomic E-state index is 0.0873. The molecule has 0 saturated carbocycles. The van der Waals surface area contributed by atoms with Crippen LogP contribution in [-0.2, 0) is 0 Å². The van der Waals surface area contributed by atoms with Gasteiger partial charge in [-0.2, -0.15) is 0 Å². The van der Waals surface area contributed by atoms with Crippen molar-refractivity contribution in [3.63, 3.8) is 0 Å². The number of fused-ring (bicyclic) bond motifs is 3. The lowest BCUT2D eigenvalue weighted by Crippen LogP contribution is -2.16. The van der Waals surface area contributed by atoms with Crippen LogP contribution in [0.4, 0.5) is 5.69 Å². The fraction of sp³-hybridized carbons (Fsp3) is 0.143. The van der Waals surface area contributed by atoms with Gasteiger partial charge in [0, 0.05) is 27.9 Å². The molecule has 4 N–H and O–H groups in total. The third-order valence-corrected chi connectivity index (χ3v) is 5.37. The molecule has 0 aliphatic carbocycles. The molecule has 6 heteroatoms. The van der Waals surface area contributed by atoms with Crippen LogP contribution in [0.2, 0.25) is 0 Å². The average molecular weight is 427 g/mol. The van der Waals surface area contributed by atoms with Gasteiger partial charge in [-0.05, 0) is 45.8 Å². The third-order valence-electron chi connectivity index (χ3n) is 4.78. The zero-order valence-electron chi connectivity index (χ0n) is 15.0. The Labute approximate surface area is 165 Å². The van der Waals surface area contributed by atoms with Gasteiger partial charge in [-0.1, -0.05) is 24.3 Å². The van der Waals surface area contributed by atoms with E-state index in [9.17, 15) is 0 Å². The molecule has 0 amide bonds. The van der Waals surface area contributed by atoms with Crippen molar-refractivity contribution in [3.05, 3.63) is 70.0 Å². The number of rotatable bonds is 3. The van der Waals surface area contributed by atoms with Crippen LogP contribution in [-0.4, -0.2) is 14.2 Å². The van der Waals surface area contributed by atoms with E-state index in [1.807, 2.05) is 48.5 Å². The molecule has 1 unspecified atom stereocenters.